The van der Waals surface area contributed by atoms with Gasteiger partial charge >= 0.3 is 0 Å². The highest BCUT2D eigenvalue weighted by atomic mass is 32.1. The Labute approximate surface area is 134 Å². The Hall–Kier alpha value is -1.18. The molecule has 6 heteroatoms. The second kappa shape index (κ2) is 7.89. The van der Waals surface area contributed by atoms with Crippen molar-refractivity contribution in [2.24, 2.45) is 0 Å². The van der Waals surface area contributed by atoms with Crippen molar-refractivity contribution in [3.63, 3.8) is 0 Å². The molecule has 0 aromatic carbocycles. The Morgan fingerprint density at radius 1 is 1.23 bits per heavy atom. The van der Waals surface area contributed by atoms with E-state index in [2.05, 4.69) is 27.7 Å². The molecular weight excluding hydrogens is 300 g/mol. The van der Waals surface area contributed by atoms with E-state index in [1.165, 1.54) is 4.88 Å². The maximum atomic E-state index is 9.03. The molecule has 0 amide bonds. The van der Waals surface area contributed by atoms with Crippen molar-refractivity contribution in [2.45, 2.75) is 19.2 Å². The number of aliphatic hydroxyl groups is 1. The number of nitrogens with zero attached hydrogens (tertiary/aromatic N) is 1. The summed E-state index contributed by atoms with van der Waals surface area (Å²) < 4.78 is 11.0. The van der Waals surface area contributed by atoms with Crippen LogP contribution >= 0.6 is 11.3 Å². The average Bonchev–Trinajstić information content (AvgIpc) is 3.24. The average molecular weight is 322 g/mol. The fraction of sp³-hybridized carbons (Fsp3) is 0.500. The highest BCUT2D eigenvalue weighted by Gasteiger charge is 2.23. The van der Waals surface area contributed by atoms with Crippen molar-refractivity contribution in [1.29, 1.82) is 0 Å². The predicted octanol–water partition coefficient (Wildman–Crippen LogP) is 2.00. The molecule has 22 heavy (non-hydrogen) atoms. The van der Waals surface area contributed by atoms with Gasteiger partial charge in [0.05, 0.1) is 25.8 Å². The molecule has 5 nitrogen and oxygen atoms in total. The van der Waals surface area contributed by atoms with Crippen LogP contribution in [-0.2, 0) is 17.9 Å². The molecule has 0 unspecified atom stereocenters. The van der Waals surface area contributed by atoms with E-state index in [0.29, 0.717) is 18.3 Å². The summed E-state index contributed by atoms with van der Waals surface area (Å²) in [5.41, 5.74) is 0. The standard InChI is InChI=1S/C16H22N2O3S/c19-12-14-4-3-13(21-14)10-17-11-15(16-2-1-9-22-16)18-5-7-20-8-6-18/h1-4,9,15,17,19H,5-8,10-12H2/t15-/m0/s1. The van der Waals surface area contributed by atoms with Gasteiger partial charge in [0.1, 0.15) is 18.1 Å². The van der Waals surface area contributed by atoms with E-state index < -0.39 is 0 Å². The lowest BCUT2D eigenvalue weighted by molar-refractivity contribution is 0.0167. The summed E-state index contributed by atoms with van der Waals surface area (Å²) in [6.07, 6.45) is 0. The van der Waals surface area contributed by atoms with Gasteiger partial charge in [0.25, 0.3) is 0 Å². The molecule has 120 valence electrons. The molecule has 1 fully saturated rings. The van der Waals surface area contributed by atoms with Crippen LogP contribution in [0, 0.1) is 0 Å². The first-order valence-corrected chi connectivity index (χ1v) is 8.49. The van der Waals surface area contributed by atoms with Crippen LogP contribution < -0.4 is 5.32 Å². The fourth-order valence-electron chi connectivity index (χ4n) is 2.71. The summed E-state index contributed by atoms with van der Waals surface area (Å²) in [5, 5.41) is 14.6. The van der Waals surface area contributed by atoms with Gasteiger partial charge in [-0.1, -0.05) is 6.07 Å². The molecule has 0 radical (unpaired) electrons. The topological polar surface area (TPSA) is 57.9 Å². The summed E-state index contributed by atoms with van der Waals surface area (Å²) >= 11 is 1.80. The van der Waals surface area contributed by atoms with E-state index in [9.17, 15) is 0 Å². The van der Waals surface area contributed by atoms with Crippen LogP contribution in [0.3, 0.4) is 0 Å². The number of ether oxygens (including phenoxy) is 1. The molecule has 0 aliphatic carbocycles. The summed E-state index contributed by atoms with van der Waals surface area (Å²) in [6.45, 7) is 5.05. The molecule has 1 saturated heterocycles. The van der Waals surface area contributed by atoms with E-state index in [1.807, 2.05) is 12.1 Å². The first-order chi connectivity index (χ1) is 10.9. The lowest BCUT2D eigenvalue weighted by Crippen LogP contribution is -2.42. The first-order valence-electron chi connectivity index (χ1n) is 7.61. The molecule has 1 aliphatic rings. The molecule has 3 heterocycles. The van der Waals surface area contributed by atoms with Crippen LogP contribution in [0.1, 0.15) is 22.4 Å². The molecule has 0 saturated carbocycles. The van der Waals surface area contributed by atoms with Gasteiger partial charge in [0.2, 0.25) is 0 Å². The largest absolute Gasteiger partial charge is 0.462 e. The minimum Gasteiger partial charge on any atom is -0.462 e. The normalized spacial score (nSPS) is 17.7. The Bertz CT molecular complexity index is 550. The monoisotopic (exact) mass is 322 g/mol. The van der Waals surface area contributed by atoms with Gasteiger partial charge in [-0.05, 0) is 23.6 Å². The maximum absolute atomic E-state index is 9.03. The SMILES string of the molecule is OCc1ccc(CNC[C@@H](c2cccs2)N2CCOCC2)o1. The number of furan rings is 1. The van der Waals surface area contributed by atoms with Crippen molar-refractivity contribution < 1.29 is 14.3 Å². The van der Waals surface area contributed by atoms with Crippen molar-refractivity contribution >= 4 is 11.3 Å². The molecule has 2 aromatic heterocycles. The Morgan fingerprint density at radius 2 is 2.05 bits per heavy atom. The summed E-state index contributed by atoms with van der Waals surface area (Å²) in [6, 6.07) is 8.40. The Kier molecular flexibility index (Phi) is 5.64. The van der Waals surface area contributed by atoms with E-state index in [1.54, 1.807) is 11.3 Å². The van der Waals surface area contributed by atoms with Gasteiger partial charge in [-0.3, -0.25) is 4.90 Å². The molecule has 2 aromatic rings. The minimum absolute atomic E-state index is 0.0500. The van der Waals surface area contributed by atoms with Crippen LogP contribution in [0.4, 0.5) is 0 Å². The maximum Gasteiger partial charge on any atom is 0.129 e. The number of aliphatic hydroxyl groups excluding tert-OH is 1. The van der Waals surface area contributed by atoms with Gasteiger partial charge in [0, 0.05) is 24.5 Å². The van der Waals surface area contributed by atoms with Crippen molar-refractivity contribution in [2.75, 3.05) is 32.8 Å². The number of rotatable bonds is 7. The van der Waals surface area contributed by atoms with Gasteiger partial charge in [-0.25, -0.2) is 0 Å². The van der Waals surface area contributed by atoms with Gasteiger partial charge in [0.15, 0.2) is 0 Å². The first kappa shape index (κ1) is 15.7. The Morgan fingerprint density at radius 3 is 2.73 bits per heavy atom. The summed E-state index contributed by atoms with van der Waals surface area (Å²) in [4.78, 5) is 3.86. The summed E-state index contributed by atoms with van der Waals surface area (Å²) in [7, 11) is 0. The van der Waals surface area contributed by atoms with Crippen molar-refractivity contribution in [1.82, 2.24) is 10.2 Å². The fourth-order valence-corrected chi connectivity index (χ4v) is 3.57. The number of nitrogens with one attached hydrogen (secondary N) is 1. The molecule has 3 rings (SSSR count). The smallest absolute Gasteiger partial charge is 0.129 e. The zero-order valence-electron chi connectivity index (χ0n) is 12.5. The molecule has 2 N–H and O–H groups in total. The van der Waals surface area contributed by atoms with Crippen molar-refractivity contribution in [3.8, 4) is 0 Å². The predicted molar refractivity (Wildman–Crippen MR) is 85.8 cm³/mol. The second-order valence-corrected chi connectivity index (χ2v) is 6.32. The van der Waals surface area contributed by atoms with Gasteiger partial charge in [-0.15, -0.1) is 11.3 Å². The van der Waals surface area contributed by atoms with Crippen LogP contribution in [0.5, 0.6) is 0 Å². The minimum atomic E-state index is -0.0500. The third kappa shape index (κ3) is 3.97. The van der Waals surface area contributed by atoms with Gasteiger partial charge in [-0.2, -0.15) is 0 Å². The zero-order valence-corrected chi connectivity index (χ0v) is 13.3. The van der Waals surface area contributed by atoms with Crippen LogP contribution in [0.15, 0.2) is 34.1 Å². The Balaban J connectivity index is 1.57. The quantitative estimate of drug-likeness (QED) is 0.816. The number of hydrogen-bond donors (Lipinski definition) is 2. The van der Waals surface area contributed by atoms with E-state index in [-0.39, 0.29) is 6.61 Å². The van der Waals surface area contributed by atoms with E-state index >= 15 is 0 Å². The lowest BCUT2D eigenvalue weighted by atomic mass is 10.2. The van der Waals surface area contributed by atoms with Crippen LogP contribution in [0.2, 0.25) is 0 Å². The van der Waals surface area contributed by atoms with Crippen molar-refractivity contribution in [3.05, 3.63) is 46.0 Å². The number of morpholine rings is 1. The highest BCUT2D eigenvalue weighted by molar-refractivity contribution is 7.10. The second-order valence-electron chi connectivity index (χ2n) is 5.34. The third-order valence-electron chi connectivity index (χ3n) is 3.87. The van der Waals surface area contributed by atoms with Gasteiger partial charge < -0.3 is 19.6 Å². The zero-order chi connectivity index (χ0) is 15.2. The molecular formula is C16H22N2O3S. The number of thiophene rings is 1. The summed E-state index contributed by atoms with van der Waals surface area (Å²) in [5.74, 6) is 1.47. The number of hydrogen-bond acceptors (Lipinski definition) is 6. The van der Waals surface area contributed by atoms with E-state index in [4.69, 9.17) is 14.3 Å². The lowest BCUT2D eigenvalue weighted by Gasteiger charge is -2.34. The molecule has 0 bridgehead atoms. The molecule has 0 spiro atoms. The molecule has 1 aliphatic heterocycles. The third-order valence-corrected chi connectivity index (χ3v) is 4.84. The van der Waals surface area contributed by atoms with E-state index in [0.717, 1.165) is 38.6 Å². The van der Waals surface area contributed by atoms with Crippen LogP contribution in [0.25, 0.3) is 0 Å². The highest BCUT2D eigenvalue weighted by Crippen LogP contribution is 2.25. The van der Waals surface area contributed by atoms with Crippen LogP contribution in [-0.4, -0.2) is 42.9 Å². The molecule has 1 atom stereocenters.